The molecule has 2 saturated carbocycles. The number of amides is 7. The number of aromatic amines is 1. The number of nitrogens with one attached hydrogen (secondary N) is 11. The maximum absolute atomic E-state index is 16.6. The number of benzene rings is 4. The minimum absolute atomic E-state index is 0.0109. The van der Waals surface area contributed by atoms with Gasteiger partial charge in [-0.15, -0.1) is 0 Å². The van der Waals surface area contributed by atoms with Crippen molar-refractivity contribution in [1.29, 1.82) is 5.41 Å². The molecule has 51 heteroatoms. The van der Waals surface area contributed by atoms with E-state index in [1.54, 1.807) is 42.5 Å². The smallest absolute Gasteiger partial charge is 0.481 e. The van der Waals surface area contributed by atoms with Crippen molar-refractivity contribution in [2.75, 3.05) is 42.3 Å². The van der Waals surface area contributed by atoms with Crippen LogP contribution in [0, 0.1) is 22.2 Å². The number of ether oxygens (including phenoxy) is 7. The van der Waals surface area contributed by atoms with E-state index in [1.807, 2.05) is 5.32 Å². The number of hydrogen-bond donors (Lipinski definition) is 20. The topological polar surface area (TPSA) is 769 Å². The Morgan fingerprint density at radius 2 is 1.19 bits per heavy atom. The number of rotatable bonds is 46. The molecule has 1 unspecified atom stereocenters. The fourth-order valence-electron chi connectivity index (χ4n) is 17.1. The number of nitrogens with two attached hydrogens (primary N) is 2. The van der Waals surface area contributed by atoms with Crippen LogP contribution in [-0.2, 0) is 107 Å². The van der Waals surface area contributed by atoms with Gasteiger partial charge in [-0.2, -0.15) is 4.98 Å². The van der Waals surface area contributed by atoms with Crippen molar-refractivity contribution >= 4 is 157 Å². The molecule has 2 aromatic heterocycles. The fraction of sp³-hybridized carbons (Fsp3) is 0.433. The number of nitrogens with zero attached hydrogens (tertiary/aromatic N) is 3. The van der Waals surface area contributed by atoms with Gasteiger partial charge in [0.15, 0.2) is 40.7 Å². The first-order valence-electron chi connectivity index (χ1n) is 43.6. The molecule has 141 heavy (non-hydrogen) atoms. The summed E-state index contributed by atoms with van der Waals surface area (Å²) in [5.74, 6) is -26.6. The molecule has 3 aliphatic carbocycles. The van der Waals surface area contributed by atoms with Crippen molar-refractivity contribution in [3.63, 3.8) is 0 Å². The summed E-state index contributed by atoms with van der Waals surface area (Å²) < 4.78 is 42.7. The van der Waals surface area contributed by atoms with Crippen LogP contribution in [-0.4, -0.2) is 284 Å². The average Bonchev–Trinajstić information content (AvgIpc) is 0.664. The number of aliphatic hydroxyl groups is 2. The maximum Gasteiger partial charge on any atom is 0.508 e. The van der Waals surface area contributed by atoms with Crippen LogP contribution in [0.3, 0.4) is 0 Å². The number of carbonyl (C=O) groups is 18. The van der Waals surface area contributed by atoms with Gasteiger partial charge in [0.1, 0.15) is 72.9 Å². The second-order valence-electron chi connectivity index (χ2n) is 33.9. The maximum atomic E-state index is 16.6. The summed E-state index contributed by atoms with van der Waals surface area (Å²) in [6, 6.07) is 14.8. The summed E-state index contributed by atoms with van der Waals surface area (Å²) in [5, 5.41) is 105. The summed E-state index contributed by atoms with van der Waals surface area (Å²) in [7, 11) is 1.53. The monoisotopic (exact) mass is 2000 g/mol. The highest BCUT2D eigenvalue weighted by Gasteiger charge is 2.79. The highest BCUT2D eigenvalue weighted by molar-refractivity contribution is 8.76. The SMILES string of the molecule is CC(=O)O[C@H]1C(=O)[C@@]2(C)C([C@H](OC(=O)c3ccccc3)[C@]3(O)C[C@H](OC(=O)[C@H](O)[C@@H](NC(=O)c4ccccc4)c4ccccc4)C(C)=C1C3(C)C)[C@]1(OC(C)=O)CO[C@@H]1C[C@@H]2OC(=O)OCCSSC[C@H](NC(=O)[C@H](CC(=O)O)NC(=O)[C@H](CC(=O)O)NC(=O)[C@H](CCCNC(=N)N)NC(=O)[C@H](CC(=O)O)NC(=O)CC[C@H](NC(=O)c1ccc(NCc2cnc3nc(N)[nH]c(=O)c3n2)cc1)C(=O)O)C(=O)O. The van der Waals surface area contributed by atoms with Crippen LogP contribution in [0.2, 0.25) is 0 Å². The molecule has 4 aliphatic rings. The number of carboxylic acids is 5. The van der Waals surface area contributed by atoms with Crippen molar-refractivity contribution < 1.29 is 155 Å². The first-order chi connectivity index (χ1) is 66.6. The zero-order valence-corrected chi connectivity index (χ0v) is 77.9. The van der Waals surface area contributed by atoms with Crippen LogP contribution in [0.5, 0.6) is 0 Å². The second kappa shape index (κ2) is 47.4. The van der Waals surface area contributed by atoms with E-state index >= 15 is 4.79 Å². The Labute approximate surface area is 808 Å². The summed E-state index contributed by atoms with van der Waals surface area (Å²) in [5.41, 5.74) is 1.79. The van der Waals surface area contributed by atoms with E-state index in [1.165, 1.54) is 107 Å². The van der Waals surface area contributed by atoms with E-state index in [0.717, 1.165) is 35.4 Å². The van der Waals surface area contributed by atoms with E-state index in [2.05, 4.69) is 62.5 Å². The average molecular weight is 2000 g/mol. The number of hydrogen-bond acceptors (Lipinski definition) is 36. The number of fused-ring (bicyclic) bond motifs is 6. The summed E-state index contributed by atoms with van der Waals surface area (Å²) in [6.45, 7) is 6.16. The van der Waals surface area contributed by atoms with Gasteiger partial charge in [-0.1, -0.05) is 102 Å². The molecule has 1 aliphatic heterocycles. The molecule has 0 radical (unpaired) electrons. The Bertz CT molecular complexity index is 5870. The molecule has 7 amide bonds. The zero-order valence-electron chi connectivity index (χ0n) is 76.3. The van der Waals surface area contributed by atoms with Gasteiger partial charge in [-0.25, -0.2) is 33.9 Å². The van der Waals surface area contributed by atoms with Crippen LogP contribution in [0.1, 0.15) is 148 Å². The Hall–Kier alpha value is -15.2. The number of aliphatic carboxylic acids is 5. The molecule has 3 fully saturated rings. The lowest BCUT2D eigenvalue weighted by Gasteiger charge is -2.67. The molecule has 1 saturated heterocycles. The number of ketones is 1. The standard InChI is InChI=1S/C90H104N16O33S2/c1-42-57(136-83(130)67(116)65(45-17-10-7-11-18-45)104-74(119)46-19-12-8-13-20-46)37-90(132)71(138-82(129)48-21-14-9-15-22-48)69-88(6,70(117)68(135-43(2)107)64(42)87(90,4)5)58(36-59-89(69,41-134-59)139-44(3)108)137-86(131)133-31-32-140-141-40-56(81(127)128)103-78(123)55(35-63(114)115)102-77(122)54(34-62(112)113)101-75(120)51(23-16-30-94-84(91)92)99-76(121)53(33-61(110)111)98-60(109)29-28-52(80(125)126)100-73(118)47-24-26-49(27-25-47)95-38-50-39-96-72-66(97-50)79(124)106-85(93)105-72/h7-15,17-22,24-27,39,51-59,65,67-69,71,95,116,132H,16,23,28-38,40-41H2,1-6H3,(H,98,109)(H,99,121)(H,100,118)(H,101,120)(H,102,122)(H,103,123)(H,104,119)(H,110,111)(H,112,113)(H,114,115)(H,125,126)(H,127,128)(H4,91,92,94)(H3,93,96,105,106,124)/t51-,52-,53-,54-,55-,56-,57-,58-,59+,65-,67+,68+,69?,71-,88+,89-,90+/m0/s1. The molecule has 6 aromatic rings. The van der Waals surface area contributed by atoms with Gasteiger partial charge in [0.25, 0.3) is 17.4 Å². The quantitative estimate of drug-likeness (QED) is 0.00466. The summed E-state index contributed by atoms with van der Waals surface area (Å²) >= 11 is 0. The normalized spacial score (nSPS) is 21.4. The number of carbonyl (C=O) groups excluding carboxylic acids is 13. The summed E-state index contributed by atoms with van der Waals surface area (Å²) in [4.78, 5) is 274. The molecule has 22 N–H and O–H groups in total. The van der Waals surface area contributed by atoms with Crippen LogP contribution >= 0.6 is 21.6 Å². The van der Waals surface area contributed by atoms with Gasteiger partial charge in [-0.05, 0) is 98.4 Å². The molecule has 17 atom stereocenters. The van der Waals surface area contributed by atoms with Crippen LogP contribution in [0.4, 0.5) is 16.4 Å². The van der Waals surface area contributed by atoms with Gasteiger partial charge in [0.05, 0.1) is 67.2 Å². The Morgan fingerprint density at radius 1 is 0.638 bits per heavy atom. The highest BCUT2D eigenvalue weighted by atomic mass is 33.1. The van der Waals surface area contributed by atoms with Gasteiger partial charge in [-0.3, -0.25) is 77.5 Å². The number of anilines is 2. The number of H-pyrrole nitrogens is 1. The number of aromatic nitrogens is 4. The lowest BCUT2D eigenvalue weighted by molar-refractivity contribution is -0.346. The molecule has 0 spiro atoms. The van der Waals surface area contributed by atoms with Crippen LogP contribution in [0.15, 0.2) is 137 Å². The van der Waals surface area contributed by atoms with E-state index in [0.29, 0.717) is 11.4 Å². The van der Waals surface area contributed by atoms with E-state index < -0.39 is 296 Å². The Morgan fingerprint density at radius 3 is 1.75 bits per heavy atom. The van der Waals surface area contributed by atoms with Gasteiger partial charge < -0.3 is 128 Å². The highest BCUT2D eigenvalue weighted by Crippen LogP contribution is 2.65. The third-order valence-corrected chi connectivity index (χ3v) is 26.4. The van der Waals surface area contributed by atoms with E-state index in [9.17, 15) is 122 Å². The van der Waals surface area contributed by atoms with Crippen molar-refractivity contribution in [1.82, 2.24) is 62.5 Å². The van der Waals surface area contributed by atoms with Crippen molar-refractivity contribution in [3.8, 4) is 0 Å². The number of esters is 4. The second-order valence-corrected chi connectivity index (χ2v) is 36.6. The molecule has 2 bridgehead atoms. The molecule has 49 nitrogen and oxygen atoms in total. The van der Waals surface area contributed by atoms with Gasteiger partial charge in [0, 0.05) is 73.4 Å². The fourth-order valence-corrected chi connectivity index (χ4v) is 19.0. The van der Waals surface area contributed by atoms with Crippen LogP contribution in [0.25, 0.3) is 11.2 Å². The summed E-state index contributed by atoms with van der Waals surface area (Å²) in [6.07, 6.45) is -18.9. The first-order valence-corrected chi connectivity index (χ1v) is 46.1. The molecular weight excluding hydrogens is 1900 g/mol. The lowest BCUT2D eigenvalue weighted by Crippen LogP contribution is -2.82. The number of nitrogen functional groups attached to an aromatic ring is 1. The minimum atomic E-state index is -2.70. The van der Waals surface area contributed by atoms with Crippen molar-refractivity contribution in [3.05, 3.63) is 171 Å². The molecule has 10 rings (SSSR count). The van der Waals surface area contributed by atoms with E-state index in [4.69, 9.17) is 50.0 Å². The zero-order chi connectivity index (χ0) is 103. The van der Waals surface area contributed by atoms with Crippen molar-refractivity contribution in [2.45, 2.75) is 196 Å². The van der Waals surface area contributed by atoms with Gasteiger partial charge in [0.2, 0.25) is 35.5 Å². The number of guanidine groups is 1. The molecule has 754 valence electrons. The minimum Gasteiger partial charge on any atom is -0.481 e. The number of Topliss-reactive ketones (excluding diaryl/α,β-unsaturated/α-hetero) is 1. The first kappa shape index (κ1) is 108. The van der Waals surface area contributed by atoms with Gasteiger partial charge >= 0.3 is 59.9 Å². The largest absolute Gasteiger partial charge is 0.508 e. The molecule has 4 aromatic carbocycles. The third kappa shape index (κ3) is 26.8. The Balaban J connectivity index is 0.790. The number of carboxylic acid groups (broad SMARTS) is 5. The van der Waals surface area contributed by atoms with Crippen LogP contribution < -0.4 is 64.9 Å². The molecular formula is C90H104N16O33S2. The Kier molecular flexibility index (Phi) is 36.2. The van der Waals surface area contributed by atoms with Crippen molar-refractivity contribution in [2.24, 2.45) is 22.5 Å². The predicted molar refractivity (Wildman–Crippen MR) is 490 cm³/mol. The van der Waals surface area contributed by atoms with E-state index in [-0.39, 0.29) is 75.8 Å². The number of aliphatic hydroxyl groups excluding tert-OH is 1. The third-order valence-electron chi connectivity index (χ3n) is 24.0. The predicted octanol–water partition coefficient (Wildman–Crippen LogP) is 0.358. The molecule has 3 heterocycles. The lowest BCUT2D eigenvalue weighted by atomic mass is 9.44.